The van der Waals surface area contributed by atoms with Gasteiger partial charge in [0.25, 0.3) is 0 Å². The zero-order chi connectivity index (χ0) is 18.8. The highest BCUT2D eigenvalue weighted by Gasteiger charge is 2.30. The van der Waals surface area contributed by atoms with Crippen LogP contribution >= 0.6 is 0 Å². The van der Waals surface area contributed by atoms with Crippen molar-refractivity contribution in [3.05, 3.63) is 65.2 Å². The quantitative estimate of drug-likeness (QED) is 0.405. The molecule has 2 rings (SSSR count). The van der Waals surface area contributed by atoms with Crippen LogP contribution in [0.25, 0.3) is 0 Å². The molecule has 0 aromatic heterocycles. The van der Waals surface area contributed by atoms with E-state index in [0.717, 1.165) is 12.0 Å². The Morgan fingerprint density at radius 1 is 0.769 bits per heavy atom. The van der Waals surface area contributed by atoms with Gasteiger partial charge in [0.2, 0.25) is 0 Å². The number of hydrogen-bond acceptors (Lipinski definition) is 1. The molecule has 0 saturated carbocycles. The van der Waals surface area contributed by atoms with Crippen LogP contribution in [0, 0.1) is 11.8 Å². The molecule has 0 N–H and O–H groups in total. The molecule has 0 spiro atoms. The second-order valence-electron chi connectivity index (χ2n) is 6.18. The van der Waals surface area contributed by atoms with E-state index < -0.39 is 6.36 Å². The van der Waals surface area contributed by atoms with Crippen molar-refractivity contribution in [2.75, 3.05) is 0 Å². The van der Waals surface area contributed by atoms with Crippen molar-refractivity contribution < 1.29 is 17.9 Å². The van der Waals surface area contributed by atoms with Gasteiger partial charge in [-0.3, -0.25) is 0 Å². The summed E-state index contributed by atoms with van der Waals surface area (Å²) >= 11 is 0. The molecule has 1 nitrogen and oxygen atoms in total. The van der Waals surface area contributed by atoms with Crippen molar-refractivity contribution in [3.8, 4) is 17.6 Å². The number of alkyl halides is 3. The average molecular weight is 360 g/mol. The highest BCUT2D eigenvalue weighted by molar-refractivity contribution is 5.44. The van der Waals surface area contributed by atoms with Gasteiger partial charge < -0.3 is 4.74 Å². The molecular weight excluding hydrogens is 337 g/mol. The number of aryl methyl sites for hydroxylation is 1. The van der Waals surface area contributed by atoms with Crippen LogP contribution in [-0.4, -0.2) is 6.36 Å². The number of unbranched alkanes of at least 4 members (excludes halogenated alkanes) is 4. The van der Waals surface area contributed by atoms with Crippen LogP contribution in [0.5, 0.6) is 5.75 Å². The molecule has 0 fully saturated rings. The first-order chi connectivity index (χ1) is 12.5. The maximum atomic E-state index is 12.1. The first kappa shape index (κ1) is 19.9. The third-order valence-electron chi connectivity index (χ3n) is 3.96. The first-order valence-corrected chi connectivity index (χ1v) is 8.93. The minimum absolute atomic E-state index is 0.244. The number of benzene rings is 2. The second-order valence-corrected chi connectivity index (χ2v) is 6.18. The number of hydrogen-bond donors (Lipinski definition) is 0. The Balaban J connectivity index is 1.87. The zero-order valence-corrected chi connectivity index (χ0v) is 14.9. The molecule has 26 heavy (non-hydrogen) atoms. The molecule has 0 radical (unpaired) electrons. The lowest BCUT2D eigenvalue weighted by molar-refractivity contribution is -0.274. The van der Waals surface area contributed by atoms with Crippen molar-refractivity contribution in [1.29, 1.82) is 0 Å². The summed E-state index contributed by atoms with van der Waals surface area (Å²) in [5.41, 5.74) is 2.83. The SMILES string of the molecule is CCCCCCCc1ccc(C#Cc2ccc(OC(F)(F)F)cc2)cc1. The smallest absolute Gasteiger partial charge is 0.406 e. The molecule has 0 aliphatic carbocycles. The summed E-state index contributed by atoms with van der Waals surface area (Å²) in [6.45, 7) is 2.21. The van der Waals surface area contributed by atoms with Gasteiger partial charge in [-0.25, -0.2) is 0 Å². The van der Waals surface area contributed by atoms with Gasteiger partial charge in [-0.05, 0) is 54.8 Å². The number of halogens is 3. The summed E-state index contributed by atoms with van der Waals surface area (Å²) in [6, 6.07) is 13.7. The molecule has 0 heterocycles. The number of ether oxygens (including phenoxy) is 1. The third-order valence-corrected chi connectivity index (χ3v) is 3.96. The molecule has 2 aromatic rings. The molecule has 4 heteroatoms. The van der Waals surface area contributed by atoms with Gasteiger partial charge in [0.05, 0.1) is 0 Å². The van der Waals surface area contributed by atoms with Crippen LogP contribution in [0.4, 0.5) is 13.2 Å². The van der Waals surface area contributed by atoms with Gasteiger partial charge in [0.1, 0.15) is 5.75 Å². The fourth-order valence-corrected chi connectivity index (χ4v) is 2.57. The topological polar surface area (TPSA) is 9.23 Å². The summed E-state index contributed by atoms with van der Waals surface area (Å²) in [5.74, 6) is 5.73. The van der Waals surface area contributed by atoms with Gasteiger partial charge in [-0.1, -0.05) is 56.6 Å². The lowest BCUT2D eigenvalue weighted by atomic mass is 10.0. The summed E-state index contributed by atoms with van der Waals surface area (Å²) in [7, 11) is 0. The van der Waals surface area contributed by atoms with Gasteiger partial charge in [0.15, 0.2) is 0 Å². The Kier molecular flexibility index (Phi) is 7.59. The van der Waals surface area contributed by atoms with Gasteiger partial charge in [-0.15, -0.1) is 13.2 Å². The van der Waals surface area contributed by atoms with Crippen LogP contribution in [0.3, 0.4) is 0 Å². The van der Waals surface area contributed by atoms with E-state index >= 15 is 0 Å². The number of rotatable bonds is 7. The van der Waals surface area contributed by atoms with Crippen molar-refractivity contribution >= 4 is 0 Å². The molecule has 0 saturated heterocycles. The van der Waals surface area contributed by atoms with Crippen molar-refractivity contribution in [2.45, 2.75) is 51.8 Å². The maximum absolute atomic E-state index is 12.1. The van der Waals surface area contributed by atoms with E-state index in [0.29, 0.717) is 5.56 Å². The second kappa shape index (κ2) is 9.91. The maximum Gasteiger partial charge on any atom is 0.573 e. The Hall–Kier alpha value is -2.41. The largest absolute Gasteiger partial charge is 0.573 e. The Morgan fingerprint density at radius 3 is 1.85 bits per heavy atom. The Labute approximate surface area is 153 Å². The van der Waals surface area contributed by atoms with E-state index in [9.17, 15) is 13.2 Å². The lowest BCUT2D eigenvalue weighted by Crippen LogP contribution is -2.16. The summed E-state index contributed by atoms with van der Waals surface area (Å²) in [4.78, 5) is 0. The van der Waals surface area contributed by atoms with Gasteiger partial charge in [0, 0.05) is 11.1 Å². The molecule has 0 aliphatic heterocycles. The molecule has 0 unspecified atom stereocenters. The molecule has 0 aliphatic rings. The molecule has 138 valence electrons. The van der Waals surface area contributed by atoms with Crippen molar-refractivity contribution in [3.63, 3.8) is 0 Å². The summed E-state index contributed by atoms with van der Waals surface area (Å²) in [5, 5.41) is 0. The Morgan fingerprint density at radius 2 is 1.31 bits per heavy atom. The van der Waals surface area contributed by atoms with Crippen LogP contribution in [0.2, 0.25) is 0 Å². The Bertz CT molecular complexity index is 719. The van der Waals surface area contributed by atoms with Crippen molar-refractivity contribution in [2.24, 2.45) is 0 Å². The summed E-state index contributed by atoms with van der Waals surface area (Å²) < 4.78 is 40.2. The predicted octanol–water partition coefficient (Wildman–Crippen LogP) is 6.50. The van der Waals surface area contributed by atoms with Crippen LogP contribution in [0.1, 0.15) is 55.7 Å². The van der Waals surface area contributed by atoms with Crippen molar-refractivity contribution in [1.82, 2.24) is 0 Å². The summed E-state index contributed by atoms with van der Waals surface area (Å²) in [6.07, 6.45) is 2.74. The van der Waals surface area contributed by atoms with E-state index in [4.69, 9.17) is 0 Å². The van der Waals surface area contributed by atoms with Gasteiger partial charge >= 0.3 is 6.36 Å². The lowest BCUT2D eigenvalue weighted by Gasteiger charge is -2.07. The minimum atomic E-state index is -4.68. The van der Waals surface area contributed by atoms with E-state index in [2.05, 4.69) is 35.6 Å². The normalized spacial score (nSPS) is 10.9. The molecule has 0 atom stereocenters. The predicted molar refractivity (Wildman–Crippen MR) is 98.0 cm³/mol. The highest BCUT2D eigenvalue weighted by atomic mass is 19.4. The fraction of sp³-hybridized carbons (Fsp3) is 0.364. The highest BCUT2D eigenvalue weighted by Crippen LogP contribution is 2.22. The third kappa shape index (κ3) is 7.65. The monoisotopic (exact) mass is 360 g/mol. The molecular formula is C22H23F3O. The van der Waals surface area contributed by atoms with E-state index in [1.54, 1.807) is 0 Å². The average Bonchev–Trinajstić information content (AvgIpc) is 2.61. The molecule has 0 bridgehead atoms. The molecule has 0 amide bonds. The minimum Gasteiger partial charge on any atom is -0.406 e. The van der Waals surface area contributed by atoms with Crippen LogP contribution in [0.15, 0.2) is 48.5 Å². The molecule has 2 aromatic carbocycles. The fourth-order valence-electron chi connectivity index (χ4n) is 2.57. The van der Waals surface area contributed by atoms with Crippen LogP contribution < -0.4 is 4.74 Å². The van der Waals surface area contributed by atoms with Gasteiger partial charge in [-0.2, -0.15) is 0 Å². The zero-order valence-electron chi connectivity index (χ0n) is 14.9. The van der Waals surface area contributed by atoms with Crippen LogP contribution in [-0.2, 0) is 6.42 Å². The van der Waals surface area contributed by atoms with E-state index in [1.165, 1.54) is 61.9 Å². The first-order valence-electron chi connectivity index (χ1n) is 8.93. The standard InChI is InChI=1S/C22H23F3O/c1-2-3-4-5-6-7-18-8-10-19(11-9-18)12-13-20-14-16-21(17-15-20)26-22(23,24)25/h8-11,14-17H,2-7H2,1H3. The van der Waals surface area contributed by atoms with E-state index in [-0.39, 0.29) is 5.75 Å². The van der Waals surface area contributed by atoms with E-state index in [1.807, 2.05) is 12.1 Å².